The van der Waals surface area contributed by atoms with Gasteiger partial charge in [0.1, 0.15) is 0 Å². The van der Waals surface area contributed by atoms with Gasteiger partial charge in [-0.3, -0.25) is 4.90 Å². The molecule has 4 rings (SSSR count). The fourth-order valence-electron chi connectivity index (χ4n) is 3.62. The van der Waals surface area contributed by atoms with Crippen molar-refractivity contribution in [1.82, 2.24) is 15.0 Å². The van der Waals surface area contributed by atoms with Gasteiger partial charge in [-0.1, -0.05) is 18.1 Å². The predicted molar refractivity (Wildman–Crippen MR) is 103 cm³/mol. The highest BCUT2D eigenvalue weighted by molar-refractivity contribution is 7.10. The van der Waals surface area contributed by atoms with Gasteiger partial charge >= 0.3 is 0 Å². The quantitative estimate of drug-likeness (QED) is 0.642. The van der Waals surface area contributed by atoms with Crippen LogP contribution in [-0.4, -0.2) is 35.8 Å². The van der Waals surface area contributed by atoms with E-state index in [1.165, 1.54) is 16.0 Å². The van der Waals surface area contributed by atoms with E-state index in [0.717, 1.165) is 36.7 Å². The first-order valence-corrected chi connectivity index (χ1v) is 9.95. The van der Waals surface area contributed by atoms with Crippen LogP contribution in [0.5, 0.6) is 11.5 Å². The summed E-state index contributed by atoms with van der Waals surface area (Å²) in [5.41, 5.74) is 2.54. The Bertz CT molecular complexity index is 907. The van der Waals surface area contributed by atoms with Crippen LogP contribution >= 0.6 is 11.3 Å². The zero-order valence-electron chi connectivity index (χ0n) is 15.8. The van der Waals surface area contributed by atoms with Crippen LogP contribution in [0.1, 0.15) is 40.7 Å². The van der Waals surface area contributed by atoms with Gasteiger partial charge in [-0.2, -0.15) is 4.98 Å². The van der Waals surface area contributed by atoms with Gasteiger partial charge in [0.15, 0.2) is 17.3 Å². The van der Waals surface area contributed by atoms with Crippen molar-refractivity contribution in [1.29, 1.82) is 0 Å². The molecule has 1 aliphatic heterocycles. The van der Waals surface area contributed by atoms with Crippen molar-refractivity contribution in [2.45, 2.75) is 32.4 Å². The van der Waals surface area contributed by atoms with Gasteiger partial charge in [-0.15, -0.1) is 11.3 Å². The minimum Gasteiger partial charge on any atom is -0.493 e. The van der Waals surface area contributed by atoms with Gasteiger partial charge in [0.05, 0.1) is 26.8 Å². The summed E-state index contributed by atoms with van der Waals surface area (Å²) in [6, 6.07) is 8.61. The van der Waals surface area contributed by atoms with Crippen LogP contribution in [0.2, 0.25) is 0 Å². The molecule has 0 radical (unpaired) electrons. The predicted octanol–water partition coefficient (Wildman–Crippen LogP) is 3.86. The van der Waals surface area contributed by atoms with E-state index in [1.54, 1.807) is 25.6 Å². The van der Waals surface area contributed by atoms with E-state index in [0.29, 0.717) is 12.4 Å². The first-order chi connectivity index (χ1) is 13.2. The average molecular weight is 385 g/mol. The third-order valence-electron chi connectivity index (χ3n) is 4.95. The first-order valence-electron chi connectivity index (χ1n) is 9.07. The second-order valence-corrected chi connectivity index (χ2v) is 7.48. The van der Waals surface area contributed by atoms with E-state index in [2.05, 4.69) is 44.7 Å². The van der Waals surface area contributed by atoms with E-state index >= 15 is 0 Å². The Hall–Kier alpha value is -2.38. The SMILES string of the molecule is CCc1noc(CN2CCc3cc(OC)c(OC)cc3[C@@H]2c2cccs2)n1. The molecule has 2 aromatic heterocycles. The third kappa shape index (κ3) is 3.44. The molecule has 0 spiro atoms. The molecule has 7 heteroatoms. The van der Waals surface area contributed by atoms with Gasteiger partial charge in [-0.05, 0) is 41.1 Å². The molecule has 0 saturated carbocycles. The number of hydrogen-bond acceptors (Lipinski definition) is 7. The Morgan fingerprint density at radius 2 is 2.07 bits per heavy atom. The number of aromatic nitrogens is 2. The zero-order valence-corrected chi connectivity index (χ0v) is 16.6. The van der Waals surface area contributed by atoms with Crippen molar-refractivity contribution in [3.05, 3.63) is 57.4 Å². The van der Waals surface area contributed by atoms with Gasteiger partial charge in [0, 0.05) is 17.8 Å². The molecule has 0 bridgehead atoms. The summed E-state index contributed by atoms with van der Waals surface area (Å²) in [4.78, 5) is 8.18. The molecule has 3 heterocycles. The topological polar surface area (TPSA) is 60.6 Å². The lowest BCUT2D eigenvalue weighted by Crippen LogP contribution is -2.35. The minimum atomic E-state index is 0.130. The van der Waals surface area contributed by atoms with Crippen LogP contribution in [0.4, 0.5) is 0 Å². The van der Waals surface area contributed by atoms with Crippen molar-refractivity contribution in [3.63, 3.8) is 0 Å². The van der Waals surface area contributed by atoms with Crippen LogP contribution < -0.4 is 9.47 Å². The average Bonchev–Trinajstić information content (AvgIpc) is 3.38. The summed E-state index contributed by atoms with van der Waals surface area (Å²) in [5.74, 6) is 2.95. The molecule has 0 fully saturated rings. The molecule has 0 aliphatic carbocycles. The zero-order chi connectivity index (χ0) is 18.8. The smallest absolute Gasteiger partial charge is 0.240 e. The van der Waals surface area contributed by atoms with E-state index in [-0.39, 0.29) is 6.04 Å². The largest absolute Gasteiger partial charge is 0.493 e. The lowest BCUT2D eigenvalue weighted by molar-refractivity contribution is 0.179. The summed E-state index contributed by atoms with van der Waals surface area (Å²) in [6.45, 7) is 3.57. The van der Waals surface area contributed by atoms with Crippen molar-refractivity contribution in [2.75, 3.05) is 20.8 Å². The lowest BCUT2D eigenvalue weighted by Gasteiger charge is -2.36. The Morgan fingerprint density at radius 3 is 2.74 bits per heavy atom. The van der Waals surface area contributed by atoms with Crippen molar-refractivity contribution < 1.29 is 14.0 Å². The van der Waals surface area contributed by atoms with Crippen molar-refractivity contribution in [2.24, 2.45) is 0 Å². The normalized spacial score (nSPS) is 16.9. The maximum atomic E-state index is 5.56. The first kappa shape index (κ1) is 18.0. The van der Waals surface area contributed by atoms with Crippen LogP contribution in [0.25, 0.3) is 0 Å². The number of hydrogen-bond donors (Lipinski definition) is 0. The fraction of sp³-hybridized carbons (Fsp3) is 0.400. The molecule has 0 unspecified atom stereocenters. The number of thiophene rings is 1. The highest BCUT2D eigenvalue weighted by Crippen LogP contribution is 2.42. The Labute approximate surface area is 162 Å². The van der Waals surface area contributed by atoms with Crippen LogP contribution in [-0.2, 0) is 19.4 Å². The molecular weight excluding hydrogens is 362 g/mol. The minimum absolute atomic E-state index is 0.130. The number of nitrogens with zero attached hydrogens (tertiary/aromatic N) is 3. The maximum absolute atomic E-state index is 5.56. The van der Waals surface area contributed by atoms with Crippen LogP contribution in [0.15, 0.2) is 34.2 Å². The maximum Gasteiger partial charge on any atom is 0.240 e. The Kier molecular flexibility index (Phi) is 5.13. The van der Waals surface area contributed by atoms with E-state index < -0.39 is 0 Å². The summed E-state index contributed by atoms with van der Waals surface area (Å²) < 4.78 is 16.5. The highest BCUT2D eigenvalue weighted by Gasteiger charge is 2.32. The molecule has 27 heavy (non-hydrogen) atoms. The lowest BCUT2D eigenvalue weighted by atomic mass is 9.91. The van der Waals surface area contributed by atoms with Gasteiger partial charge in [-0.25, -0.2) is 0 Å². The number of aryl methyl sites for hydroxylation is 1. The van der Waals surface area contributed by atoms with Crippen LogP contribution in [0, 0.1) is 0 Å². The van der Waals surface area contributed by atoms with E-state index in [1.807, 2.05) is 6.92 Å². The molecule has 0 saturated heterocycles. The summed E-state index contributed by atoms with van der Waals surface area (Å²) >= 11 is 1.76. The number of benzene rings is 1. The molecule has 1 aromatic carbocycles. The number of methoxy groups -OCH3 is 2. The van der Waals surface area contributed by atoms with Gasteiger partial charge < -0.3 is 14.0 Å². The van der Waals surface area contributed by atoms with E-state index in [4.69, 9.17) is 14.0 Å². The monoisotopic (exact) mass is 385 g/mol. The highest BCUT2D eigenvalue weighted by atomic mass is 32.1. The third-order valence-corrected chi connectivity index (χ3v) is 5.88. The summed E-state index contributed by atoms with van der Waals surface area (Å²) in [7, 11) is 3.35. The number of fused-ring (bicyclic) bond motifs is 1. The summed E-state index contributed by atoms with van der Waals surface area (Å²) in [6.07, 6.45) is 1.71. The molecule has 3 aromatic rings. The number of ether oxygens (including phenoxy) is 2. The molecule has 1 atom stereocenters. The molecule has 1 aliphatic rings. The molecular formula is C20H23N3O3S. The Morgan fingerprint density at radius 1 is 1.26 bits per heavy atom. The molecule has 142 valence electrons. The number of rotatable bonds is 6. The fourth-order valence-corrected chi connectivity index (χ4v) is 4.50. The molecule has 0 N–H and O–H groups in total. The van der Waals surface area contributed by atoms with Gasteiger partial charge in [0.25, 0.3) is 0 Å². The molecule has 0 amide bonds. The van der Waals surface area contributed by atoms with Gasteiger partial charge in [0.2, 0.25) is 5.89 Å². The Balaban J connectivity index is 1.73. The van der Waals surface area contributed by atoms with Crippen molar-refractivity contribution in [3.8, 4) is 11.5 Å². The second-order valence-electron chi connectivity index (χ2n) is 6.50. The van der Waals surface area contributed by atoms with E-state index in [9.17, 15) is 0 Å². The standard InChI is InChI=1S/C20H23N3O3S/c1-4-18-21-19(26-22-18)12-23-8-7-13-10-15(24-2)16(25-3)11-14(13)20(23)17-6-5-9-27-17/h5-6,9-11,20H,4,7-8,12H2,1-3H3/t20-/m1/s1. The van der Waals surface area contributed by atoms with Crippen molar-refractivity contribution >= 4 is 11.3 Å². The second kappa shape index (κ2) is 7.70. The molecule has 6 nitrogen and oxygen atoms in total. The summed E-state index contributed by atoms with van der Waals surface area (Å²) in [5, 5.41) is 6.15. The van der Waals surface area contributed by atoms with Crippen LogP contribution in [0.3, 0.4) is 0 Å².